The number of halogens is 2. The average molecular weight is 544 g/mol. The van der Waals surface area contributed by atoms with E-state index in [1.165, 1.54) is 23.9 Å². The van der Waals surface area contributed by atoms with Crippen LogP contribution in [0.3, 0.4) is 0 Å². The van der Waals surface area contributed by atoms with Crippen molar-refractivity contribution >= 4 is 46.6 Å². The minimum atomic E-state index is -0.446. The number of hydrogen-bond acceptors (Lipinski definition) is 6. The number of fused-ring (bicyclic) bond motifs is 1. The summed E-state index contributed by atoms with van der Waals surface area (Å²) in [4.78, 5) is 25.3. The Morgan fingerprint density at radius 1 is 1.05 bits per heavy atom. The first-order valence-electron chi connectivity index (χ1n) is 11.6. The molecule has 3 N–H and O–H groups in total. The number of rotatable bonds is 10. The van der Waals surface area contributed by atoms with E-state index in [0.29, 0.717) is 52.2 Å². The van der Waals surface area contributed by atoms with Crippen LogP contribution >= 0.6 is 23.4 Å². The predicted molar refractivity (Wildman–Crippen MR) is 146 cm³/mol. The number of carbonyl (C=O) groups excluding carboxylic acids is 2. The number of nitrogens with one attached hydrogen (secondary N) is 3. The molecule has 2 amide bonds. The summed E-state index contributed by atoms with van der Waals surface area (Å²) in [6, 6.07) is 14.7. The molecule has 4 rings (SSSR count). The van der Waals surface area contributed by atoms with Gasteiger partial charge in [-0.05, 0) is 60.0 Å². The molecule has 3 aromatic carbocycles. The summed E-state index contributed by atoms with van der Waals surface area (Å²) in [6.45, 7) is 0.438. The van der Waals surface area contributed by atoms with Crippen molar-refractivity contribution in [3.05, 3.63) is 82.1 Å². The maximum atomic E-state index is 13.2. The number of carbonyl (C=O) groups is 2. The number of amides is 2. The summed E-state index contributed by atoms with van der Waals surface area (Å²) in [6.07, 6.45) is 0.623. The molecule has 0 spiro atoms. The van der Waals surface area contributed by atoms with Crippen molar-refractivity contribution in [1.29, 1.82) is 0 Å². The van der Waals surface area contributed by atoms with E-state index in [2.05, 4.69) is 16.0 Å². The van der Waals surface area contributed by atoms with Gasteiger partial charge in [0, 0.05) is 28.6 Å². The Morgan fingerprint density at radius 3 is 2.62 bits per heavy atom. The SMILES string of the molecule is COc1ccc(CCNC(=O)c2ccc3c(c2)NC(=O)C(CSCc2ccc(F)cc2Cl)N3)cc1OC. The van der Waals surface area contributed by atoms with Crippen LogP contribution in [0.25, 0.3) is 0 Å². The molecular weight excluding hydrogens is 517 g/mol. The summed E-state index contributed by atoms with van der Waals surface area (Å²) < 4.78 is 23.8. The largest absolute Gasteiger partial charge is 0.493 e. The monoisotopic (exact) mass is 543 g/mol. The van der Waals surface area contributed by atoms with Crippen molar-refractivity contribution in [2.24, 2.45) is 0 Å². The Balaban J connectivity index is 1.29. The molecular formula is C27H27ClFN3O4S. The van der Waals surface area contributed by atoms with Gasteiger partial charge in [-0.25, -0.2) is 4.39 Å². The smallest absolute Gasteiger partial charge is 0.251 e. The molecule has 1 aliphatic heterocycles. The zero-order valence-corrected chi connectivity index (χ0v) is 22.0. The molecule has 0 radical (unpaired) electrons. The van der Waals surface area contributed by atoms with Crippen LogP contribution in [0.2, 0.25) is 5.02 Å². The normalized spacial score (nSPS) is 14.3. The van der Waals surface area contributed by atoms with Gasteiger partial charge >= 0.3 is 0 Å². The summed E-state index contributed by atoms with van der Waals surface area (Å²) in [5, 5.41) is 9.39. The Labute approximate surface area is 224 Å². The number of ether oxygens (including phenoxy) is 2. The van der Waals surface area contributed by atoms with E-state index in [4.69, 9.17) is 21.1 Å². The average Bonchev–Trinajstić information content (AvgIpc) is 2.89. The Bertz CT molecular complexity index is 1310. The van der Waals surface area contributed by atoms with Crippen molar-refractivity contribution in [1.82, 2.24) is 5.32 Å². The fourth-order valence-electron chi connectivity index (χ4n) is 3.89. The summed E-state index contributed by atoms with van der Waals surface area (Å²) >= 11 is 7.60. The van der Waals surface area contributed by atoms with Crippen molar-refractivity contribution in [3.63, 3.8) is 0 Å². The fourth-order valence-corrected chi connectivity index (χ4v) is 5.26. The molecule has 1 atom stereocenters. The van der Waals surface area contributed by atoms with Gasteiger partial charge in [0.2, 0.25) is 5.91 Å². The standard InChI is InChI=1S/C27H27ClFN3O4S/c1-35-24-8-3-16(11-25(24)36-2)9-10-30-26(33)17-5-7-21-22(12-17)32-27(34)23(31-21)15-37-14-18-4-6-19(29)13-20(18)28/h3-8,11-13,23,31H,9-10,14-15H2,1-2H3,(H,30,33)(H,32,34). The molecule has 1 unspecified atom stereocenters. The van der Waals surface area contributed by atoms with Gasteiger partial charge in [-0.3, -0.25) is 9.59 Å². The lowest BCUT2D eigenvalue weighted by Gasteiger charge is -2.27. The summed E-state index contributed by atoms with van der Waals surface area (Å²) in [7, 11) is 3.16. The molecule has 0 bridgehead atoms. The van der Waals surface area contributed by atoms with E-state index in [1.807, 2.05) is 18.2 Å². The van der Waals surface area contributed by atoms with E-state index >= 15 is 0 Å². The topological polar surface area (TPSA) is 88.7 Å². The van der Waals surface area contributed by atoms with Gasteiger partial charge in [0.05, 0.1) is 25.6 Å². The highest BCUT2D eigenvalue weighted by Crippen LogP contribution is 2.30. The Kier molecular flexibility index (Phi) is 8.78. The van der Waals surface area contributed by atoms with Crippen LogP contribution in [0, 0.1) is 5.82 Å². The lowest BCUT2D eigenvalue weighted by atomic mass is 10.1. The lowest BCUT2D eigenvalue weighted by Crippen LogP contribution is -2.40. The fraction of sp³-hybridized carbons (Fsp3) is 0.259. The van der Waals surface area contributed by atoms with E-state index < -0.39 is 6.04 Å². The second-order valence-corrected chi connectivity index (χ2v) is 9.83. The van der Waals surface area contributed by atoms with Crippen LogP contribution in [0.1, 0.15) is 21.5 Å². The zero-order valence-electron chi connectivity index (χ0n) is 20.4. The van der Waals surface area contributed by atoms with Gasteiger partial charge in [-0.2, -0.15) is 11.8 Å². The van der Waals surface area contributed by atoms with Crippen LogP contribution in [-0.4, -0.2) is 44.4 Å². The van der Waals surface area contributed by atoms with E-state index in [9.17, 15) is 14.0 Å². The second kappa shape index (κ2) is 12.2. The molecule has 10 heteroatoms. The highest BCUT2D eigenvalue weighted by Gasteiger charge is 2.26. The van der Waals surface area contributed by atoms with Crippen LogP contribution in [0.5, 0.6) is 11.5 Å². The Morgan fingerprint density at radius 2 is 1.86 bits per heavy atom. The minimum absolute atomic E-state index is 0.184. The van der Waals surface area contributed by atoms with Crippen molar-refractivity contribution in [2.45, 2.75) is 18.2 Å². The number of anilines is 2. The third-order valence-corrected chi connectivity index (χ3v) is 7.33. The number of methoxy groups -OCH3 is 2. The van der Waals surface area contributed by atoms with E-state index in [-0.39, 0.29) is 17.6 Å². The number of benzene rings is 3. The van der Waals surface area contributed by atoms with Crippen molar-refractivity contribution in [2.75, 3.05) is 37.2 Å². The van der Waals surface area contributed by atoms with E-state index in [1.54, 1.807) is 38.5 Å². The van der Waals surface area contributed by atoms with Gasteiger partial charge < -0.3 is 25.4 Å². The van der Waals surface area contributed by atoms with Crippen molar-refractivity contribution in [3.8, 4) is 11.5 Å². The van der Waals surface area contributed by atoms with Crippen molar-refractivity contribution < 1.29 is 23.5 Å². The molecule has 0 saturated heterocycles. The molecule has 0 saturated carbocycles. The number of hydrogen-bond donors (Lipinski definition) is 3. The summed E-state index contributed by atoms with van der Waals surface area (Å²) in [5.74, 6) is 1.55. The van der Waals surface area contributed by atoms with E-state index in [0.717, 1.165) is 16.8 Å². The molecule has 1 heterocycles. The minimum Gasteiger partial charge on any atom is -0.493 e. The Hall–Kier alpha value is -3.43. The highest BCUT2D eigenvalue weighted by molar-refractivity contribution is 7.98. The first-order valence-corrected chi connectivity index (χ1v) is 13.1. The summed E-state index contributed by atoms with van der Waals surface area (Å²) in [5.41, 5.74) is 3.57. The highest BCUT2D eigenvalue weighted by atomic mass is 35.5. The number of thioether (sulfide) groups is 1. The molecule has 37 heavy (non-hydrogen) atoms. The molecule has 7 nitrogen and oxygen atoms in total. The second-order valence-electron chi connectivity index (χ2n) is 8.39. The van der Waals surface area contributed by atoms with Crippen LogP contribution in [-0.2, 0) is 17.0 Å². The molecule has 3 aromatic rings. The van der Waals surface area contributed by atoms with Gasteiger partial charge in [-0.1, -0.05) is 23.7 Å². The van der Waals surface area contributed by atoms with Gasteiger partial charge in [0.25, 0.3) is 5.91 Å². The third-order valence-electron chi connectivity index (χ3n) is 5.89. The van der Waals surface area contributed by atoms with Crippen LogP contribution in [0.15, 0.2) is 54.6 Å². The first-order chi connectivity index (χ1) is 17.9. The zero-order chi connectivity index (χ0) is 26.4. The maximum Gasteiger partial charge on any atom is 0.251 e. The quantitative estimate of drug-likeness (QED) is 0.328. The third kappa shape index (κ3) is 6.67. The van der Waals surface area contributed by atoms with Crippen LogP contribution < -0.4 is 25.4 Å². The maximum absolute atomic E-state index is 13.2. The molecule has 0 fully saturated rings. The molecule has 194 valence electrons. The molecule has 0 aliphatic carbocycles. The lowest BCUT2D eigenvalue weighted by molar-refractivity contribution is -0.116. The molecule has 1 aliphatic rings. The van der Waals surface area contributed by atoms with Gasteiger partial charge in [-0.15, -0.1) is 0 Å². The molecule has 0 aromatic heterocycles. The van der Waals surface area contributed by atoms with Crippen LogP contribution in [0.4, 0.5) is 15.8 Å². The van der Waals surface area contributed by atoms with Gasteiger partial charge in [0.1, 0.15) is 11.9 Å². The first kappa shape index (κ1) is 26.6. The predicted octanol–water partition coefficient (Wildman–Crippen LogP) is 5.13. The van der Waals surface area contributed by atoms with Gasteiger partial charge in [0.15, 0.2) is 11.5 Å².